The van der Waals surface area contributed by atoms with Gasteiger partial charge < -0.3 is 0 Å². The summed E-state index contributed by atoms with van der Waals surface area (Å²) < 4.78 is 0. The molecule has 0 amide bonds. The van der Waals surface area contributed by atoms with Crippen LogP contribution in [0, 0.1) is 6.92 Å². The zero-order chi connectivity index (χ0) is 13.1. The molecule has 0 aromatic carbocycles. The number of aryl methyl sites for hydroxylation is 1. The second kappa shape index (κ2) is 6.72. The molecule has 3 rings (SSSR count). The van der Waals surface area contributed by atoms with Crippen molar-refractivity contribution < 1.29 is 0 Å². The molecule has 1 aromatic heterocycles. The minimum atomic E-state index is 0.135. The predicted octanol–water partition coefficient (Wildman–Crippen LogP) is 5.83. The number of thiophene rings is 1. The Kier molecular flexibility index (Phi) is 4.98. The topological polar surface area (TPSA) is 0 Å². The van der Waals surface area contributed by atoms with Crippen LogP contribution in [0.1, 0.15) is 69.1 Å². The first kappa shape index (κ1) is 14.1. The second-order valence-corrected chi connectivity index (χ2v) is 10.2. The monoisotopic (exact) mass is 294 g/mol. The van der Waals surface area contributed by atoms with Gasteiger partial charge in [0.05, 0.1) is 0 Å². The molecule has 2 aliphatic carbocycles. The van der Waals surface area contributed by atoms with Crippen LogP contribution in [-0.4, -0.2) is 11.3 Å². The second-order valence-electron chi connectivity index (χ2n) is 6.35. The first-order valence-electron chi connectivity index (χ1n) is 8.18. The van der Waals surface area contributed by atoms with Gasteiger partial charge in [0.2, 0.25) is 0 Å². The van der Waals surface area contributed by atoms with Gasteiger partial charge in [-0.05, 0) is 60.7 Å². The molecule has 2 fully saturated rings. The standard InChI is InChI=1S/C17H27PS/c1-14-17(12-13-19-14)18(15-8-4-2-5-9-15)16-10-6-3-7-11-16/h12-13,15-16H,2-11H2,1H3. The molecule has 106 valence electrons. The van der Waals surface area contributed by atoms with Gasteiger partial charge >= 0.3 is 0 Å². The van der Waals surface area contributed by atoms with Crippen molar-refractivity contribution in [2.45, 2.75) is 82.4 Å². The molecule has 0 atom stereocenters. The van der Waals surface area contributed by atoms with E-state index in [4.69, 9.17) is 0 Å². The molecule has 0 nitrogen and oxygen atoms in total. The van der Waals surface area contributed by atoms with Crippen LogP contribution in [0.4, 0.5) is 0 Å². The SMILES string of the molecule is Cc1sccc1P(C1CCCCC1)C1CCCCC1. The lowest BCUT2D eigenvalue weighted by molar-refractivity contribution is 0.487. The van der Waals surface area contributed by atoms with Crippen LogP contribution in [0.2, 0.25) is 0 Å². The molecular weight excluding hydrogens is 267 g/mol. The zero-order valence-corrected chi connectivity index (χ0v) is 13.9. The van der Waals surface area contributed by atoms with Crippen LogP contribution in [0.3, 0.4) is 0 Å². The molecule has 2 saturated carbocycles. The number of hydrogen-bond donors (Lipinski definition) is 0. The van der Waals surface area contributed by atoms with Crippen molar-refractivity contribution in [3.05, 3.63) is 16.3 Å². The maximum atomic E-state index is 2.48. The van der Waals surface area contributed by atoms with Crippen molar-refractivity contribution in [3.8, 4) is 0 Å². The summed E-state index contributed by atoms with van der Waals surface area (Å²) in [5.74, 6) is 0. The van der Waals surface area contributed by atoms with E-state index in [2.05, 4.69) is 18.4 Å². The van der Waals surface area contributed by atoms with Crippen molar-refractivity contribution in [3.63, 3.8) is 0 Å². The van der Waals surface area contributed by atoms with E-state index in [1.54, 1.807) is 10.2 Å². The maximum absolute atomic E-state index is 2.48. The highest BCUT2D eigenvalue weighted by Crippen LogP contribution is 2.55. The normalized spacial score (nSPS) is 23.1. The summed E-state index contributed by atoms with van der Waals surface area (Å²) in [6, 6.07) is 2.48. The Morgan fingerprint density at radius 3 is 1.84 bits per heavy atom. The van der Waals surface area contributed by atoms with E-state index in [0.29, 0.717) is 0 Å². The summed E-state index contributed by atoms with van der Waals surface area (Å²) in [7, 11) is 0.135. The van der Waals surface area contributed by atoms with E-state index in [0.717, 1.165) is 11.3 Å². The van der Waals surface area contributed by atoms with Crippen LogP contribution in [0.5, 0.6) is 0 Å². The molecule has 0 N–H and O–H groups in total. The van der Waals surface area contributed by atoms with Gasteiger partial charge in [0.1, 0.15) is 0 Å². The average molecular weight is 294 g/mol. The molecule has 2 heteroatoms. The minimum Gasteiger partial charge on any atom is -0.149 e. The lowest BCUT2D eigenvalue weighted by atomic mass is 9.99. The minimum absolute atomic E-state index is 0.135. The number of rotatable bonds is 3. The third-order valence-electron chi connectivity index (χ3n) is 5.05. The predicted molar refractivity (Wildman–Crippen MR) is 89.4 cm³/mol. The Labute approximate surface area is 123 Å². The summed E-state index contributed by atoms with van der Waals surface area (Å²) in [5.41, 5.74) is 2.11. The summed E-state index contributed by atoms with van der Waals surface area (Å²) in [5, 5.41) is 4.13. The smallest absolute Gasteiger partial charge is 0.00911 e. The summed E-state index contributed by atoms with van der Waals surface area (Å²) >= 11 is 1.98. The highest BCUT2D eigenvalue weighted by atomic mass is 32.1. The van der Waals surface area contributed by atoms with Gasteiger partial charge in [-0.3, -0.25) is 0 Å². The zero-order valence-electron chi connectivity index (χ0n) is 12.2. The molecule has 19 heavy (non-hydrogen) atoms. The lowest BCUT2D eigenvalue weighted by Crippen LogP contribution is -2.26. The summed E-state index contributed by atoms with van der Waals surface area (Å²) in [4.78, 5) is 1.63. The quantitative estimate of drug-likeness (QED) is 0.615. The maximum Gasteiger partial charge on any atom is 0.00911 e. The molecule has 0 aliphatic heterocycles. The molecule has 1 aromatic rings. The fourth-order valence-corrected chi connectivity index (χ4v) is 9.06. The van der Waals surface area contributed by atoms with Gasteiger partial charge in [-0.2, -0.15) is 0 Å². The molecule has 0 bridgehead atoms. The Morgan fingerprint density at radius 2 is 1.42 bits per heavy atom. The Bertz CT molecular complexity index is 368. The van der Waals surface area contributed by atoms with Crippen molar-refractivity contribution in [1.29, 1.82) is 0 Å². The fraction of sp³-hybridized carbons (Fsp3) is 0.765. The van der Waals surface area contributed by atoms with Gasteiger partial charge in [-0.25, -0.2) is 0 Å². The Hall–Kier alpha value is 0.130. The van der Waals surface area contributed by atoms with Gasteiger partial charge in [0.25, 0.3) is 0 Å². The molecule has 0 saturated heterocycles. The van der Waals surface area contributed by atoms with E-state index in [-0.39, 0.29) is 7.92 Å². The largest absolute Gasteiger partial charge is 0.149 e. The van der Waals surface area contributed by atoms with E-state index in [1.165, 1.54) is 64.2 Å². The van der Waals surface area contributed by atoms with Crippen LogP contribution < -0.4 is 5.30 Å². The van der Waals surface area contributed by atoms with Gasteiger partial charge in [0, 0.05) is 4.88 Å². The van der Waals surface area contributed by atoms with Crippen molar-refractivity contribution in [1.82, 2.24) is 0 Å². The van der Waals surface area contributed by atoms with Gasteiger partial charge in [-0.1, -0.05) is 46.4 Å². The van der Waals surface area contributed by atoms with Crippen molar-refractivity contribution in [2.24, 2.45) is 0 Å². The van der Waals surface area contributed by atoms with Crippen molar-refractivity contribution >= 4 is 24.6 Å². The number of hydrogen-bond acceptors (Lipinski definition) is 1. The lowest BCUT2D eigenvalue weighted by Gasteiger charge is -2.38. The molecule has 1 heterocycles. The van der Waals surface area contributed by atoms with E-state index >= 15 is 0 Å². The van der Waals surface area contributed by atoms with E-state index in [9.17, 15) is 0 Å². The van der Waals surface area contributed by atoms with Gasteiger partial charge in [0.15, 0.2) is 0 Å². The highest BCUT2D eigenvalue weighted by molar-refractivity contribution is 7.67. The van der Waals surface area contributed by atoms with Crippen LogP contribution in [0.15, 0.2) is 11.4 Å². The molecule has 0 spiro atoms. The van der Waals surface area contributed by atoms with Gasteiger partial charge in [-0.15, -0.1) is 11.3 Å². The molecule has 2 aliphatic rings. The fourth-order valence-electron chi connectivity index (χ4n) is 4.06. The first-order valence-corrected chi connectivity index (χ1v) is 10.5. The summed E-state index contributed by atoms with van der Waals surface area (Å²) in [6.07, 6.45) is 15.1. The Morgan fingerprint density at radius 1 is 0.895 bits per heavy atom. The van der Waals surface area contributed by atoms with Crippen LogP contribution in [-0.2, 0) is 0 Å². The third-order valence-corrected chi connectivity index (χ3v) is 9.69. The molecule has 0 unspecified atom stereocenters. The molecular formula is C17H27PS. The Balaban J connectivity index is 1.83. The van der Waals surface area contributed by atoms with E-state index < -0.39 is 0 Å². The van der Waals surface area contributed by atoms with Crippen molar-refractivity contribution in [2.75, 3.05) is 0 Å². The molecule has 0 radical (unpaired) electrons. The van der Waals surface area contributed by atoms with E-state index in [1.807, 2.05) is 11.3 Å². The summed E-state index contributed by atoms with van der Waals surface area (Å²) in [6.45, 7) is 2.36. The highest BCUT2D eigenvalue weighted by Gasteiger charge is 2.33. The average Bonchev–Trinajstić information content (AvgIpc) is 2.88. The third kappa shape index (κ3) is 3.24. The first-order chi connectivity index (χ1) is 9.36. The van der Waals surface area contributed by atoms with Crippen LogP contribution in [0.25, 0.3) is 0 Å². The van der Waals surface area contributed by atoms with Crippen LogP contribution >= 0.6 is 19.3 Å².